The van der Waals surface area contributed by atoms with Crippen LogP contribution in [0.3, 0.4) is 0 Å². The fourth-order valence-corrected chi connectivity index (χ4v) is 1.66. The number of methoxy groups -OCH3 is 1. The van der Waals surface area contributed by atoms with Gasteiger partial charge < -0.3 is 15.2 Å². The van der Waals surface area contributed by atoms with Crippen molar-refractivity contribution in [1.82, 2.24) is 0 Å². The van der Waals surface area contributed by atoms with Gasteiger partial charge in [-0.05, 0) is 44.9 Å². The fraction of sp³-hybridized carbons (Fsp3) is 0.467. The Morgan fingerprint density at radius 3 is 2.50 bits per heavy atom. The molecule has 0 aromatic heterocycles. The van der Waals surface area contributed by atoms with E-state index in [1.54, 1.807) is 45.0 Å². The molecule has 0 fully saturated rings. The van der Waals surface area contributed by atoms with E-state index in [1.165, 1.54) is 7.11 Å². The predicted molar refractivity (Wildman–Crippen MR) is 75.3 cm³/mol. The van der Waals surface area contributed by atoms with Gasteiger partial charge in [0.25, 0.3) is 0 Å². The summed E-state index contributed by atoms with van der Waals surface area (Å²) in [6, 6.07) is 6.08. The third-order valence-corrected chi connectivity index (χ3v) is 2.51. The van der Waals surface area contributed by atoms with Crippen LogP contribution in [0, 0.1) is 0 Å². The van der Waals surface area contributed by atoms with Crippen LogP contribution in [0.4, 0.5) is 0 Å². The molecule has 1 rings (SSSR count). The van der Waals surface area contributed by atoms with Gasteiger partial charge in [0.15, 0.2) is 0 Å². The van der Waals surface area contributed by atoms with E-state index in [0.29, 0.717) is 12.0 Å². The molecule has 5 heteroatoms. The number of carbonyl (C=O) groups excluding carboxylic acids is 2. The molecule has 0 saturated heterocycles. The van der Waals surface area contributed by atoms with Gasteiger partial charge in [0, 0.05) is 0 Å². The van der Waals surface area contributed by atoms with Gasteiger partial charge in [-0.2, -0.15) is 0 Å². The SMILES string of the molecule is COC(=O)c1cccc(CC(N)C(=O)OC(C)(C)C)c1. The Hall–Kier alpha value is -1.88. The van der Waals surface area contributed by atoms with Crippen LogP contribution < -0.4 is 5.73 Å². The fourth-order valence-electron chi connectivity index (χ4n) is 1.66. The minimum atomic E-state index is -0.762. The lowest BCUT2D eigenvalue weighted by Gasteiger charge is -2.22. The molecule has 0 heterocycles. The van der Waals surface area contributed by atoms with Gasteiger partial charge in [-0.3, -0.25) is 4.79 Å². The first-order chi connectivity index (χ1) is 9.23. The van der Waals surface area contributed by atoms with Crippen LogP contribution >= 0.6 is 0 Å². The second-order valence-corrected chi connectivity index (χ2v) is 5.54. The molecule has 1 unspecified atom stereocenters. The highest BCUT2D eigenvalue weighted by molar-refractivity contribution is 5.89. The minimum Gasteiger partial charge on any atom is -0.465 e. The van der Waals surface area contributed by atoms with Crippen molar-refractivity contribution in [2.45, 2.75) is 38.8 Å². The molecule has 110 valence electrons. The van der Waals surface area contributed by atoms with Gasteiger partial charge in [-0.1, -0.05) is 12.1 Å². The highest BCUT2D eigenvalue weighted by Gasteiger charge is 2.22. The summed E-state index contributed by atoms with van der Waals surface area (Å²) >= 11 is 0. The van der Waals surface area contributed by atoms with Gasteiger partial charge in [0.05, 0.1) is 12.7 Å². The zero-order chi connectivity index (χ0) is 15.3. The van der Waals surface area contributed by atoms with Crippen molar-refractivity contribution in [3.63, 3.8) is 0 Å². The van der Waals surface area contributed by atoms with Gasteiger partial charge in [-0.15, -0.1) is 0 Å². The number of rotatable bonds is 4. The Kier molecular flexibility index (Phi) is 5.27. The zero-order valence-electron chi connectivity index (χ0n) is 12.3. The van der Waals surface area contributed by atoms with Gasteiger partial charge in [0.2, 0.25) is 0 Å². The Balaban J connectivity index is 2.73. The van der Waals surface area contributed by atoms with E-state index in [9.17, 15) is 9.59 Å². The normalized spacial score (nSPS) is 12.7. The molecule has 0 radical (unpaired) electrons. The van der Waals surface area contributed by atoms with Crippen LogP contribution in [-0.2, 0) is 20.7 Å². The number of hydrogen-bond acceptors (Lipinski definition) is 5. The summed E-state index contributed by atoms with van der Waals surface area (Å²) in [5.41, 5.74) is 6.47. The Labute approximate surface area is 119 Å². The standard InChI is InChI=1S/C15H21NO4/c1-15(2,3)20-14(18)12(16)9-10-6-5-7-11(8-10)13(17)19-4/h5-8,12H,9,16H2,1-4H3. The molecule has 5 nitrogen and oxygen atoms in total. The predicted octanol–water partition coefficient (Wildman–Crippen LogP) is 1.68. The smallest absolute Gasteiger partial charge is 0.337 e. The Bertz CT molecular complexity index is 491. The molecule has 1 aromatic rings. The lowest BCUT2D eigenvalue weighted by Crippen LogP contribution is -2.38. The van der Waals surface area contributed by atoms with Gasteiger partial charge in [0.1, 0.15) is 11.6 Å². The van der Waals surface area contributed by atoms with E-state index in [-0.39, 0.29) is 0 Å². The summed E-state index contributed by atoms with van der Waals surface area (Å²) in [6.07, 6.45) is 0.305. The molecule has 2 N–H and O–H groups in total. The van der Waals surface area contributed by atoms with Crippen molar-refractivity contribution in [3.05, 3.63) is 35.4 Å². The Morgan fingerprint density at radius 1 is 1.30 bits per heavy atom. The topological polar surface area (TPSA) is 78.6 Å². The molecule has 0 aliphatic heterocycles. The molecule has 0 saturated carbocycles. The average molecular weight is 279 g/mol. The average Bonchev–Trinajstić information content (AvgIpc) is 2.36. The molecule has 1 aromatic carbocycles. The summed E-state index contributed by atoms with van der Waals surface area (Å²) in [4.78, 5) is 23.2. The molecule has 0 amide bonds. The number of hydrogen-bond donors (Lipinski definition) is 1. The monoisotopic (exact) mass is 279 g/mol. The van der Waals surface area contributed by atoms with E-state index in [2.05, 4.69) is 4.74 Å². The molecule has 0 bridgehead atoms. The maximum Gasteiger partial charge on any atom is 0.337 e. The van der Waals surface area contributed by atoms with E-state index in [0.717, 1.165) is 5.56 Å². The van der Waals surface area contributed by atoms with Crippen molar-refractivity contribution < 1.29 is 19.1 Å². The highest BCUT2D eigenvalue weighted by Crippen LogP contribution is 2.12. The summed E-state index contributed by atoms with van der Waals surface area (Å²) < 4.78 is 9.86. The van der Waals surface area contributed by atoms with Crippen molar-refractivity contribution in [3.8, 4) is 0 Å². The van der Waals surface area contributed by atoms with Gasteiger partial charge >= 0.3 is 11.9 Å². The van der Waals surface area contributed by atoms with E-state index in [1.807, 2.05) is 0 Å². The van der Waals surface area contributed by atoms with E-state index < -0.39 is 23.6 Å². The molecule has 0 spiro atoms. The van der Waals surface area contributed by atoms with E-state index >= 15 is 0 Å². The first-order valence-electron chi connectivity index (χ1n) is 6.38. The number of ether oxygens (including phenoxy) is 2. The number of esters is 2. The van der Waals surface area contributed by atoms with Crippen molar-refractivity contribution >= 4 is 11.9 Å². The summed E-state index contributed by atoms with van der Waals surface area (Å²) in [7, 11) is 1.32. The highest BCUT2D eigenvalue weighted by atomic mass is 16.6. The van der Waals surface area contributed by atoms with Crippen molar-refractivity contribution in [2.24, 2.45) is 5.73 Å². The summed E-state index contributed by atoms with van der Waals surface area (Å²) in [5.74, 6) is -0.876. The van der Waals surface area contributed by atoms with Crippen LogP contribution in [0.15, 0.2) is 24.3 Å². The second kappa shape index (κ2) is 6.52. The lowest BCUT2D eigenvalue weighted by molar-refractivity contribution is -0.156. The van der Waals surface area contributed by atoms with Crippen LogP contribution in [0.1, 0.15) is 36.7 Å². The third-order valence-electron chi connectivity index (χ3n) is 2.51. The first-order valence-corrected chi connectivity index (χ1v) is 6.38. The van der Waals surface area contributed by atoms with E-state index in [4.69, 9.17) is 10.5 Å². The van der Waals surface area contributed by atoms with Crippen LogP contribution in [0.2, 0.25) is 0 Å². The van der Waals surface area contributed by atoms with Crippen LogP contribution in [0.5, 0.6) is 0 Å². The molecular weight excluding hydrogens is 258 g/mol. The number of benzene rings is 1. The summed E-state index contributed by atoms with van der Waals surface area (Å²) in [6.45, 7) is 5.36. The summed E-state index contributed by atoms with van der Waals surface area (Å²) in [5, 5.41) is 0. The third kappa shape index (κ3) is 5.01. The Morgan fingerprint density at radius 2 is 1.95 bits per heavy atom. The molecule has 0 aliphatic rings. The largest absolute Gasteiger partial charge is 0.465 e. The van der Waals surface area contributed by atoms with Crippen molar-refractivity contribution in [2.75, 3.05) is 7.11 Å². The maximum absolute atomic E-state index is 11.8. The lowest BCUT2D eigenvalue weighted by atomic mass is 10.0. The van der Waals surface area contributed by atoms with Gasteiger partial charge in [-0.25, -0.2) is 4.79 Å². The van der Waals surface area contributed by atoms with Crippen LogP contribution in [-0.4, -0.2) is 30.7 Å². The molecular formula is C15H21NO4. The molecule has 20 heavy (non-hydrogen) atoms. The molecule has 0 aliphatic carbocycles. The van der Waals surface area contributed by atoms with Crippen molar-refractivity contribution in [1.29, 1.82) is 0 Å². The molecule has 1 atom stereocenters. The second-order valence-electron chi connectivity index (χ2n) is 5.54. The number of carbonyl (C=O) groups is 2. The van der Waals surface area contributed by atoms with Crippen LogP contribution in [0.25, 0.3) is 0 Å². The first kappa shape index (κ1) is 16.2. The maximum atomic E-state index is 11.8. The number of nitrogens with two attached hydrogens (primary N) is 1. The zero-order valence-corrected chi connectivity index (χ0v) is 12.3. The quantitative estimate of drug-likeness (QED) is 0.848. The minimum absolute atomic E-state index is 0.305.